The van der Waals surface area contributed by atoms with Gasteiger partial charge < -0.3 is 4.74 Å². The van der Waals surface area contributed by atoms with E-state index in [-0.39, 0.29) is 5.78 Å². The second-order valence-corrected chi connectivity index (χ2v) is 3.87. The summed E-state index contributed by atoms with van der Waals surface area (Å²) in [5.74, 6) is 0.255. The molecule has 0 saturated carbocycles. The summed E-state index contributed by atoms with van der Waals surface area (Å²) in [6.07, 6.45) is 1.05. The van der Waals surface area contributed by atoms with Gasteiger partial charge in [0.25, 0.3) is 0 Å². The smallest absolute Gasteiger partial charge is 0.315 e. The van der Waals surface area contributed by atoms with Gasteiger partial charge in [-0.15, -0.1) is 0 Å². The van der Waals surface area contributed by atoms with Crippen LogP contribution in [0.1, 0.15) is 20.3 Å². The maximum Gasteiger partial charge on any atom is 0.315 e. The number of ether oxygens (including phenoxy) is 1. The molecule has 0 radical (unpaired) electrons. The number of thioether (sulfide) groups is 1. The summed E-state index contributed by atoms with van der Waals surface area (Å²) in [5, 5.41) is 0. The minimum Gasteiger partial charge on any atom is -0.468 e. The molecule has 4 heteroatoms. The van der Waals surface area contributed by atoms with Crippen LogP contribution in [-0.4, -0.2) is 30.4 Å². The van der Waals surface area contributed by atoms with Crippen molar-refractivity contribution in [3.63, 3.8) is 0 Å². The highest BCUT2D eigenvalue weighted by Crippen LogP contribution is 2.08. The fourth-order valence-electron chi connectivity index (χ4n) is 0.750. The number of carbonyl (C=O) groups excluding carboxylic acids is 2. The first-order chi connectivity index (χ1) is 6.13. The molecule has 1 unspecified atom stereocenters. The first kappa shape index (κ1) is 12.5. The number of carbonyl (C=O) groups is 2. The average Bonchev–Trinajstić information content (AvgIpc) is 2.15. The van der Waals surface area contributed by atoms with E-state index in [2.05, 4.69) is 11.7 Å². The Balaban J connectivity index is 3.76. The zero-order valence-electron chi connectivity index (χ0n) is 8.33. The van der Waals surface area contributed by atoms with Gasteiger partial charge in [-0.1, -0.05) is 6.92 Å². The fourth-order valence-corrected chi connectivity index (χ4v) is 1.63. The first-order valence-electron chi connectivity index (χ1n) is 4.31. The van der Waals surface area contributed by atoms with E-state index in [1.807, 2.05) is 0 Å². The zero-order valence-corrected chi connectivity index (χ0v) is 9.15. The Bertz CT molecular complexity index is 180. The first-order valence-corrected chi connectivity index (χ1v) is 5.47. The Morgan fingerprint density at radius 3 is 2.54 bits per heavy atom. The van der Waals surface area contributed by atoms with E-state index in [1.165, 1.54) is 7.11 Å². The molecule has 0 N–H and O–H groups in total. The summed E-state index contributed by atoms with van der Waals surface area (Å²) >= 11 is 1.56. The van der Waals surface area contributed by atoms with E-state index in [4.69, 9.17) is 0 Å². The molecule has 0 aliphatic carbocycles. The molecule has 3 nitrogen and oxygen atoms in total. The van der Waals surface area contributed by atoms with Crippen LogP contribution in [0.25, 0.3) is 0 Å². The Kier molecular flexibility index (Phi) is 6.68. The van der Waals surface area contributed by atoms with Crippen molar-refractivity contribution in [3.8, 4) is 0 Å². The van der Waals surface area contributed by atoms with Crippen LogP contribution >= 0.6 is 11.8 Å². The molecular weight excluding hydrogens is 188 g/mol. The molecule has 0 aromatic rings. The second-order valence-electron chi connectivity index (χ2n) is 2.76. The van der Waals surface area contributed by atoms with Gasteiger partial charge in [0.05, 0.1) is 12.9 Å². The summed E-state index contributed by atoms with van der Waals surface area (Å²) < 4.78 is 4.47. The number of Topliss-reactive ketones (excluding diaryl/α,β-unsaturated/α-hetero) is 1. The molecule has 0 aromatic heterocycles. The number of hydrogen-bond donors (Lipinski definition) is 0. The van der Waals surface area contributed by atoms with Crippen molar-refractivity contribution in [2.24, 2.45) is 5.92 Å². The maximum atomic E-state index is 11.3. The van der Waals surface area contributed by atoms with Crippen molar-refractivity contribution in [1.82, 2.24) is 0 Å². The van der Waals surface area contributed by atoms with Crippen LogP contribution in [0.4, 0.5) is 0 Å². The van der Waals surface area contributed by atoms with Gasteiger partial charge in [-0.3, -0.25) is 9.59 Å². The van der Waals surface area contributed by atoms with Gasteiger partial charge in [0.1, 0.15) is 5.92 Å². The summed E-state index contributed by atoms with van der Waals surface area (Å²) in [6.45, 7) is 3.64. The van der Waals surface area contributed by atoms with Crippen LogP contribution < -0.4 is 0 Å². The quantitative estimate of drug-likeness (QED) is 0.374. The molecule has 13 heavy (non-hydrogen) atoms. The van der Waals surface area contributed by atoms with Gasteiger partial charge >= 0.3 is 5.97 Å². The third-order valence-corrected chi connectivity index (χ3v) is 2.82. The molecule has 0 rings (SSSR count). The molecule has 0 aromatic carbocycles. The third-order valence-electron chi connectivity index (χ3n) is 1.63. The lowest BCUT2D eigenvalue weighted by molar-refractivity contribution is -0.147. The van der Waals surface area contributed by atoms with Crippen molar-refractivity contribution < 1.29 is 14.3 Å². The molecule has 0 spiro atoms. The lowest BCUT2D eigenvalue weighted by atomic mass is 10.1. The predicted octanol–water partition coefficient (Wildman–Crippen LogP) is 1.51. The molecule has 0 aliphatic heterocycles. The van der Waals surface area contributed by atoms with E-state index in [9.17, 15) is 9.59 Å². The lowest BCUT2D eigenvalue weighted by Crippen LogP contribution is -2.23. The topological polar surface area (TPSA) is 43.4 Å². The molecule has 76 valence electrons. The molecule has 0 saturated heterocycles. The normalized spacial score (nSPS) is 12.2. The van der Waals surface area contributed by atoms with E-state index in [0.29, 0.717) is 5.75 Å². The van der Waals surface area contributed by atoms with Crippen LogP contribution in [0, 0.1) is 5.92 Å². The zero-order chi connectivity index (χ0) is 10.3. The van der Waals surface area contributed by atoms with E-state index in [0.717, 1.165) is 12.2 Å². The van der Waals surface area contributed by atoms with Crippen molar-refractivity contribution in [2.45, 2.75) is 20.3 Å². The average molecular weight is 204 g/mol. The van der Waals surface area contributed by atoms with E-state index in [1.54, 1.807) is 18.7 Å². The van der Waals surface area contributed by atoms with Gasteiger partial charge in [0, 0.05) is 0 Å². The van der Waals surface area contributed by atoms with Gasteiger partial charge in [0.2, 0.25) is 0 Å². The number of hydrogen-bond acceptors (Lipinski definition) is 4. The van der Waals surface area contributed by atoms with Crippen LogP contribution in [0.15, 0.2) is 0 Å². The van der Waals surface area contributed by atoms with Gasteiger partial charge in [-0.2, -0.15) is 11.8 Å². The largest absolute Gasteiger partial charge is 0.468 e. The Hall–Kier alpha value is -0.510. The van der Waals surface area contributed by atoms with E-state index < -0.39 is 11.9 Å². The second kappa shape index (κ2) is 6.95. The Labute approximate surface area is 83.2 Å². The van der Waals surface area contributed by atoms with Crippen LogP contribution in [0.3, 0.4) is 0 Å². The summed E-state index contributed by atoms with van der Waals surface area (Å²) in [4.78, 5) is 22.2. The minimum absolute atomic E-state index is 0.0506. The number of methoxy groups -OCH3 is 1. The molecule has 0 bridgehead atoms. The monoisotopic (exact) mass is 204 g/mol. The number of rotatable bonds is 6. The number of ketones is 1. The predicted molar refractivity (Wildman–Crippen MR) is 53.8 cm³/mol. The molecule has 0 aliphatic rings. The summed E-state index contributed by atoms with van der Waals surface area (Å²) in [5.41, 5.74) is 0. The fraction of sp³-hybridized carbons (Fsp3) is 0.778. The highest BCUT2D eigenvalue weighted by atomic mass is 32.2. The van der Waals surface area contributed by atoms with Gasteiger partial charge in [0.15, 0.2) is 5.78 Å². The minimum atomic E-state index is -0.616. The van der Waals surface area contributed by atoms with Crippen molar-refractivity contribution in [2.75, 3.05) is 18.6 Å². The van der Waals surface area contributed by atoms with Crippen molar-refractivity contribution >= 4 is 23.5 Å². The van der Waals surface area contributed by atoms with Gasteiger partial charge in [-0.05, 0) is 19.1 Å². The third kappa shape index (κ3) is 4.93. The van der Waals surface area contributed by atoms with E-state index >= 15 is 0 Å². The standard InChI is InChI=1S/C9H16O3S/c1-4-5-13-6-8(10)7(2)9(11)12-3/h7H,4-6H2,1-3H3. The molecular formula is C9H16O3S. The highest BCUT2D eigenvalue weighted by molar-refractivity contribution is 7.99. The number of esters is 1. The molecule has 1 atom stereocenters. The van der Waals surface area contributed by atoms with Gasteiger partial charge in [-0.25, -0.2) is 0 Å². The van der Waals surface area contributed by atoms with Crippen LogP contribution in [-0.2, 0) is 14.3 Å². The van der Waals surface area contributed by atoms with Crippen molar-refractivity contribution in [3.05, 3.63) is 0 Å². The SMILES string of the molecule is CCCSCC(=O)C(C)C(=O)OC. The lowest BCUT2D eigenvalue weighted by Gasteiger charge is -2.06. The summed E-state index contributed by atoms with van der Waals surface area (Å²) in [7, 11) is 1.30. The van der Waals surface area contributed by atoms with Crippen molar-refractivity contribution in [1.29, 1.82) is 0 Å². The maximum absolute atomic E-state index is 11.3. The Morgan fingerprint density at radius 2 is 2.08 bits per heavy atom. The highest BCUT2D eigenvalue weighted by Gasteiger charge is 2.21. The van der Waals surface area contributed by atoms with Crippen LogP contribution in [0.5, 0.6) is 0 Å². The molecule has 0 fully saturated rings. The molecule has 0 heterocycles. The Morgan fingerprint density at radius 1 is 1.46 bits per heavy atom. The molecule has 0 amide bonds. The summed E-state index contributed by atoms with van der Waals surface area (Å²) in [6, 6.07) is 0. The van der Waals surface area contributed by atoms with Crippen LogP contribution in [0.2, 0.25) is 0 Å².